The Kier molecular flexibility index (Phi) is 3.25. The van der Waals surface area contributed by atoms with Crippen molar-refractivity contribution in [2.45, 2.75) is 32.3 Å². The Hall–Kier alpha value is -1.35. The molecule has 1 heterocycles. The van der Waals surface area contributed by atoms with Gasteiger partial charge in [0.2, 0.25) is 0 Å². The highest BCUT2D eigenvalue weighted by molar-refractivity contribution is 5.98. The van der Waals surface area contributed by atoms with Crippen LogP contribution in [0.4, 0.5) is 5.69 Å². The minimum absolute atomic E-state index is 0.115. The Bertz CT molecular complexity index is 395. The molecular formula is C13H17NO2. The molecule has 1 aliphatic rings. The molecule has 1 fully saturated rings. The zero-order chi connectivity index (χ0) is 11.5. The molecule has 0 radical (unpaired) electrons. The number of nitrogen functional groups attached to an aromatic ring is 1. The maximum Gasteiger partial charge on any atom is 0.165 e. The van der Waals surface area contributed by atoms with Gasteiger partial charge < -0.3 is 10.5 Å². The number of nitrogens with two attached hydrogens (primary N) is 1. The fourth-order valence-electron chi connectivity index (χ4n) is 2.12. The summed E-state index contributed by atoms with van der Waals surface area (Å²) in [6, 6.07) is 5.42. The van der Waals surface area contributed by atoms with Gasteiger partial charge in [0.25, 0.3) is 0 Å². The van der Waals surface area contributed by atoms with Gasteiger partial charge >= 0.3 is 0 Å². The second-order valence-corrected chi connectivity index (χ2v) is 4.34. The molecule has 0 aromatic heterocycles. The van der Waals surface area contributed by atoms with E-state index in [2.05, 4.69) is 0 Å². The molecule has 1 aliphatic heterocycles. The van der Waals surface area contributed by atoms with Gasteiger partial charge in [0.1, 0.15) is 0 Å². The lowest BCUT2D eigenvalue weighted by Gasteiger charge is -2.10. The molecule has 0 amide bonds. The van der Waals surface area contributed by atoms with Crippen LogP contribution in [0, 0.1) is 6.92 Å². The molecule has 1 aromatic rings. The van der Waals surface area contributed by atoms with Crippen LogP contribution in [-0.4, -0.2) is 18.5 Å². The number of rotatable bonds is 3. The van der Waals surface area contributed by atoms with Gasteiger partial charge in [-0.25, -0.2) is 0 Å². The average molecular weight is 219 g/mol. The van der Waals surface area contributed by atoms with Gasteiger partial charge in [0, 0.05) is 24.3 Å². The molecule has 1 unspecified atom stereocenters. The van der Waals surface area contributed by atoms with E-state index in [0.29, 0.717) is 12.1 Å². The monoisotopic (exact) mass is 219 g/mol. The zero-order valence-electron chi connectivity index (χ0n) is 9.53. The summed E-state index contributed by atoms with van der Waals surface area (Å²) in [4.78, 5) is 12.0. The number of carbonyl (C=O) groups excluding carboxylic acids is 1. The lowest BCUT2D eigenvalue weighted by Crippen LogP contribution is -2.13. The SMILES string of the molecule is Cc1cc(N)ccc1C(=O)CC1CCCO1. The molecule has 2 N–H and O–H groups in total. The van der Waals surface area contributed by atoms with Crippen molar-refractivity contribution in [1.29, 1.82) is 0 Å². The number of Topliss-reactive ketones (excluding diaryl/α,β-unsaturated/α-hetero) is 1. The van der Waals surface area contributed by atoms with Crippen molar-refractivity contribution >= 4 is 11.5 Å². The van der Waals surface area contributed by atoms with Crippen molar-refractivity contribution in [3.05, 3.63) is 29.3 Å². The molecule has 86 valence electrons. The summed E-state index contributed by atoms with van der Waals surface area (Å²) in [6.45, 7) is 2.71. The Morgan fingerprint density at radius 3 is 3.00 bits per heavy atom. The van der Waals surface area contributed by atoms with E-state index in [1.165, 1.54) is 0 Å². The summed E-state index contributed by atoms with van der Waals surface area (Å²) in [7, 11) is 0. The van der Waals surface area contributed by atoms with E-state index in [4.69, 9.17) is 10.5 Å². The smallest absolute Gasteiger partial charge is 0.165 e. The van der Waals surface area contributed by atoms with Crippen LogP contribution in [0.5, 0.6) is 0 Å². The first-order valence-electron chi connectivity index (χ1n) is 5.68. The quantitative estimate of drug-likeness (QED) is 0.627. The van der Waals surface area contributed by atoms with Crippen LogP contribution >= 0.6 is 0 Å². The molecule has 0 saturated carbocycles. The first kappa shape index (κ1) is 11.1. The van der Waals surface area contributed by atoms with E-state index in [1.54, 1.807) is 6.07 Å². The topological polar surface area (TPSA) is 52.3 Å². The second-order valence-electron chi connectivity index (χ2n) is 4.34. The highest BCUT2D eigenvalue weighted by atomic mass is 16.5. The lowest BCUT2D eigenvalue weighted by molar-refractivity contribution is 0.0775. The molecule has 0 bridgehead atoms. The van der Waals surface area contributed by atoms with Crippen LogP contribution in [0.3, 0.4) is 0 Å². The Morgan fingerprint density at radius 1 is 1.56 bits per heavy atom. The van der Waals surface area contributed by atoms with E-state index < -0.39 is 0 Å². The van der Waals surface area contributed by atoms with Crippen molar-refractivity contribution in [3.8, 4) is 0 Å². The third-order valence-corrected chi connectivity index (χ3v) is 2.99. The lowest BCUT2D eigenvalue weighted by atomic mass is 9.99. The van der Waals surface area contributed by atoms with Gasteiger partial charge in [0.15, 0.2) is 5.78 Å². The summed E-state index contributed by atoms with van der Waals surface area (Å²) < 4.78 is 5.46. The van der Waals surface area contributed by atoms with Crippen molar-refractivity contribution in [3.63, 3.8) is 0 Å². The van der Waals surface area contributed by atoms with Gasteiger partial charge in [-0.3, -0.25) is 4.79 Å². The predicted octanol–water partition coefficient (Wildman–Crippen LogP) is 2.33. The molecular weight excluding hydrogens is 202 g/mol. The van der Waals surface area contributed by atoms with Crippen molar-refractivity contribution in [1.82, 2.24) is 0 Å². The second kappa shape index (κ2) is 4.66. The van der Waals surface area contributed by atoms with E-state index in [1.807, 2.05) is 19.1 Å². The molecule has 2 rings (SSSR count). The average Bonchev–Trinajstić information content (AvgIpc) is 2.70. The molecule has 3 nitrogen and oxygen atoms in total. The number of benzene rings is 1. The standard InChI is InChI=1S/C13H17NO2/c1-9-7-10(14)4-5-12(9)13(15)8-11-3-2-6-16-11/h4-5,7,11H,2-3,6,8,14H2,1H3. The highest BCUT2D eigenvalue weighted by Crippen LogP contribution is 2.20. The largest absolute Gasteiger partial charge is 0.399 e. The van der Waals surface area contributed by atoms with Crippen LogP contribution in [0.2, 0.25) is 0 Å². The molecule has 16 heavy (non-hydrogen) atoms. The fraction of sp³-hybridized carbons (Fsp3) is 0.462. The number of hydrogen-bond donors (Lipinski definition) is 1. The number of aryl methyl sites for hydroxylation is 1. The van der Waals surface area contributed by atoms with Crippen molar-refractivity contribution < 1.29 is 9.53 Å². The molecule has 0 spiro atoms. The van der Waals surface area contributed by atoms with Gasteiger partial charge in [-0.2, -0.15) is 0 Å². The van der Waals surface area contributed by atoms with Crippen LogP contribution in [-0.2, 0) is 4.74 Å². The molecule has 1 aromatic carbocycles. The molecule has 3 heteroatoms. The van der Waals surface area contributed by atoms with Crippen LogP contribution in [0.15, 0.2) is 18.2 Å². The van der Waals surface area contributed by atoms with E-state index in [-0.39, 0.29) is 11.9 Å². The number of ether oxygens (including phenoxy) is 1. The first-order valence-corrected chi connectivity index (χ1v) is 5.68. The molecule has 0 aliphatic carbocycles. The van der Waals surface area contributed by atoms with Gasteiger partial charge in [-0.05, 0) is 43.5 Å². The van der Waals surface area contributed by atoms with E-state index in [9.17, 15) is 4.79 Å². The summed E-state index contributed by atoms with van der Waals surface area (Å²) in [6.07, 6.45) is 2.67. The maximum atomic E-state index is 12.0. The van der Waals surface area contributed by atoms with Crippen molar-refractivity contribution in [2.75, 3.05) is 12.3 Å². The van der Waals surface area contributed by atoms with Gasteiger partial charge in [-0.15, -0.1) is 0 Å². The molecule has 1 atom stereocenters. The normalized spacial score (nSPS) is 19.9. The first-order chi connectivity index (χ1) is 7.66. The minimum atomic E-state index is 0.115. The Labute approximate surface area is 95.6 Å². The summed E-state index contributed by atoms with van der Waals surface area (Å²) in [5.41, 5.74) is 8.07. The third kappa shape index (κ3) is 2.42. The summed E-state index contributed by atoms with van der Waals surface area (Å²) >= 11 is 0. The van der Waals surface area contributed by atoms with E-state index >= 15 is 0 Å². The van der Waals surface area contributed by atoms with Gasteiger partial charge in [0.05, 0.1) is 6.10 Å². The van der Waals surface area contributed by atoms with Crippen LogP contribution in [0.25, 0.3) is 0 Å². The van der Waals surface area contributed by atoms with Crippen LogP contribution < -0.4 is 5.73 Å². The fourth-order valence-corrected chi connectivity index (χ4v) is 2.12. The minimum Gasteiger partial charge on any atom is -0.399 e. The number of carbonyl (C=O) groups is 1. The van der Waals surface area contributed by atoms with Gasteiger partial charge in [-0.1, -0.05) is 0 Å². The number of anilines is 1. The maximum absolute atomic E-state index is 12.0. The zero-order valence-corrected chi connectivity index (χ0v) is 9.53. The third-order valence-electron chi connectivity index (χ3n) is 2.99. The van der Waals surface area contributed by atoms with Crippen LogP contribution in [0.1, 0.15) is 35.2 Å². The molecule has 1 saturated heterocycles. The Morgan fingerprint density at radius 2 is 2.38 bits per heavy atom. The number of ketones is 1. The number of hydrogen-bond acceptors (Lipinski definition) is 3. The van der Waals surface area contributed by atoms with E-state index in [0.717, 1.165) is 30.6 Å². The Balaban J connectivity index is 2.08. The van der Waals surface area contributed by atoms with Crippen molar-refractivity contribution in [2.24, 2.45) is 0 Å². The summed E-state index contributed by atoms with van der Waals surface area (Å²) in [5, 5.41) is 0. The predicted molar refractivity (Wildman–Crippen MR) is 63.5 cm³/mol. The summed E-state index contributed by atoms with van der Waals surface area (Å²) in [5.74, 6) is 0.157. The highest BCUT2D eigenvalue weighted by Gasteiger charge is 2.20.